The molecule has 42 heavy (non-hydrogen) atoms. The lowest BCUT2D eigenvalue weighted by molar-refractivity contribution is 0.256. The van der Waals surface area contributed by atoms with Gasteiger partial charge < -0.3 is 9.47 Å². The molecule has 0 radical (unpaired) electrons. The van der Waals surface area contributed by atoms with E-state index >= 15 is 0 Å². The molecule has 0 N–H and O–H groups in total. The Bertz CT molecular complexity index is 1270. The van der Waals surface area contributed by atoms with Crippen LogP contribution in [0.2, 0.25) is 0 Å². The first-order valence-corrected chi connectivity index (χ1v) is 17.3. The molecule has 1 aromatic heterocycles. The van der Waals surface area contributed by atoms with E-state index in [2.05, 4.69) is 70.0 Å². The van der Waals surface area contributed by atoms with Gasteiger partial charge in [0.15, 0.2) is 11.5 Å². The molecule has 0 fully saturated rings. The molecule has 0 atom stereocenters. The number of unbranched alkanes of at least 4 members (excludes halogenated alkanes) is 10. The Kier molecular flexibility index (Phi) is 13.6. The van der Waals surface area contributed by atoms with E-state index in [0.29, 0.717) is 24.7 Å². The number of fused-ring (bicyclic) bond motifs is 1. The molecule has 1 heterocycles. The average Bonchev–Trinajstić information content (AvgIpc) is 3.03. The van der Waals surface area contributed by atoms with Crippen molar-refractivity contribution < 1.29 is 9.47 Å². The standard InChI is InChI=1S/C36H44Br2N2O2/c1-3-5-7-9-11-19-25-41-35-29(37)33-34(30(38)36(35)42-26-20-12-10-8-6-4-2)40-32(28-23-17-14-18-24-28)31(39-33)27-21-15-13-16-22-27/h13-18,21-24H,3-12,19-20,25-26H2,1-2H3. The minimum absolute atomic E-state index is 0.636. The molecule has 0 aliphatic rings. The highest BCUT2D eigenvalue weighted by Crippen LogP contribution is 2.48. The number of nitrogens with zero attached hydrogens (tertiary/aromatic N) is 2. The molecule has 0 amide bonds. The Hall–Kier alpha value is -2.44. The number of rotatable bonds is 18. The van der Waals surface area contributed by atoms with E-state index in [4.69, 9.17) is 19.4 Å². The van der Waals surface area contributed by atoms with Crippen molar-refractivity contribution in [1.29, 1.82) is 0 Å². The second kappa shape index (κ2) is 17.6. The Morgan fingerprint density at radius 1 is 0.500 bits per heavy atom. The fourth-order valence-electron chi connectivity index (χ4n) is 5.12. The Morgan fingerprint density at radius 2 is 0.857 bits per heavy atom. The average molecular weight is 697 g/mol. The fraction of sp³-hybridized carbons (Fsp3) is 0.444. The maximum Gasteiger partial charge on any atom is 0.178 e. The Morgan fingerprint density at radius 3 is 1.24 bits per heavy atom. The lowest BCUT2D eigenvalue weighted by Crippen LogP contribution is -2.06. The van der Waals surface area contributed by atoms with Gasteiger partial charge in [-0.05, 0) is 44.7 Å². The van der Waals surface area contributed by atoms with Gasteiger partial charge in [-0.15, -0.1) is 0 Å². The van der Waals surface area contributed by atoms with E-state index in [-0.39, 0.29) is 0 Å². The minimum Gasteiger partial charge on any atom is -0.488 e. The first kappa shape index (κ1) is 32.5. The molecule has 3 aromatic carbocycles. The summed E-state index contributed by atoms with van der Waals surface area (Å²) in [4.78, 5) is 10.5. The molecule has 0 saturated heterocycles. The summed E-state index contributed by atoms with van der Waals surface area (Å²) in [5, 5.41) is 0. The van der Waals surface area contributed by atoms with E-state index in [0.717, 1.165) is 55.3 Å². The van der Waals surface area contributed by atoms with Crippen molar-refractivity contribution in [3.8, 4) is 34.0 Å². The molecule has 0 aliphatic carbocycles. The van der Waals surface area contributed by atoms with Crippen LogP contribution in [0.5, 0.6) is 11.5 Å². The molecule has 224 valence electrons. The van der Waals surface area contributed by atoms with Gasteiger partial charge in [-0.1, -0.05) is 139 Å². The van der Waals surface area contributed by atoms with Gasteiger partial charge in [0.05, 0.1) is 33.5 Å². The predicted octanol–water partition coefficient (Wildman–Crippen LogP) is 12.0. The van der Waals surface area contributed by atoms with Crippen LogP contribution in [0.25, 0.3) is 33.5 Å². The first-order chi connectivity index (χ1) is 20.7. The number of hydrogen-bond donors (Lipinski definition) is 0. The highest BCUT2D eigenvalue weighted by molar-refractivity contribution is 9.11. The third kappa shape index (κ3) is 8.79. The predicted molar refractivity (Wildman–Crippen MR) is 184 cm³/mol. The van der Waals surface area contributed by atoms with Crippen LogP contribution in [-0.2, 0) is 0 Å². The van der Waals surface area contributed by atoms with Gasteiger partial charge in [0.25, 0.3) is 0 Å². The Balaban J connectivity index is 1.70. The van der Waals surface area contributed by atoms with Crippen LogP contribution in [0.3, 0.4) is 0 Å². The van der Waals surface area contributed by atoms with Crippen LogP contribution in [0.1, 0.15) is 90.9 Å². The number of aromatic nitrogens is 2. The van der Waals surface area contributed by atoms with Crippen LogP contribution in [0.4, 0.5) is 0 Å². The summed E-state index contributed by atoms with van der Waals surface area (Å²) in [7, 11) is 0. The van der Waals surface area contributed by atoms with E-state index in [1.165, 1.54) is 64.2 Å². The van der Waals surface area contributed by atoms with E-state index in [1.54, 1.807) is 0 Å². The van der Waals surface area contributed by atoms with Crippen molar-refractivity contribution in [2.24, 2.45) is 0 Å². The van der Waals surface area contributed by atoms with Gasteiger partial charge >= 0.3 is 0 Å². The smallest absolute Gasteiger partial charge is 0.178 e. The molecule has 0 unspecified atom stereocenters. The third-order valence-electron chi connectivity index (χ3n) is 7.50. The zero-order valence-electron chi connectivity index (χ0n) is 25.1. The molecule has 4 rings (SSSR count). The topological polar surface area (TPSA) is 44.2 Å². The second-order valence-electron chi connectivity index (χ2n) is 10.9. The molecule has 0 bridgehead atoms. The van der Waals surface area contributed by atoms with Crippen molar-refractivity contribution in [3.63, 3.8) is 0 Å². The highest BCUT2D eigenvalue weighted by Gasteiger charge is 2.24. The largest absolute Gasteiger partial charge is 0.488 e. The van der Waals surface area contributed by atoms with E-state index in [1.807, 2.05) is 36.4 Å². The summed E-state index contributed by atoms with van der Waals surface area (Å²) in [5.74, 6) is 1.41. The van der Waals surface area contributed by atoms with E-state index < -0.39 is 0 Å². The lowest BCUT2D eigenvalue weighted by Gasteiger charge is -2.19. The third-order valence-corrected chi connectivity index (χ3v) is 8.97. The van der Waals surface area contributed by atoms with Gasteiger partial charge in [-0.2, -0.15) is 0 Å². The van der Waals surface area contributed by atoms with Crippen molar-refractivity contribution in [2.45, 2.75) is 90.9 Å². The summed E-state index contributed by atoms with van der Waals surface area (Å²) in [6.07, 6.45) is 14.5. The van der Waals surface area contributed by atoms with Crippen LogP contribution in [0, 0.1) is 0 Å². The molecular weight excluding hydrogens is 652 g/mol. The zero-order valence-corrected chi connectivity index (χ0v) is 28.3. The van der Waals surface area contributed by atoms with Crippen molar-refractivity contribution in [3.05, 3.63) is 69.6 Å². The molecule has 0 spiro atoms. The second-order valence-corrected chi connectivity index (χ2v) is 12.5. The maximum absolute atomic E-state index is 6.46. The molecule has 0 saturated carbocycles. The molecular formula is C36H44Br2N2O2. The minimum atomic E-state index is 0.636. The Labute approximate surface area is 268 Å². The molecule has 0 aliphatic heterocycles. The van der Waals surface area contributed by atoms with Gasteiger partial charge in [0, 0.05) is 11.1 Å². The summed E-state index contributed by atoms with van der Waals surface area (Å²) >= 11 is 7.76. The van der Waals surface area contributed by atoms with E-state index in [9.17, 15) is 0 Å². The van der Waals surface area contributed by atoms with Crippen LogP contribution in [-0.4, -0.2) is 23.2 Å². The van der Waals surface area contributed by atoms with Gasteiger partial charge in [0.1, 0.15) is 11.0 Å². The highest BCUT2D eigenvalue weighted by atomic mass is 79.9. The number of ether oxygens (including phenoxy) is 2. The van der Waals surface area contributed by atoms with Crippen LogP contribution >= 0.6 is 31.9 Å². The fourth-order valence-corrected chi connectivity index (χ4v) is 6.26. The zero-order chi connectivity index (χ0) is 29.6. The van der Waals surface area contributed by atoms with Gasteiger partial charge in [-0.3, -0.25) is 0 Å². The van der Waals surface area contributed by atoms with Crippen molar-refractivity contribution in [2.75, 3.05) is 13.2 Å². The quantitative estimate of drug-likeness (QED) is 0.0972. The van der Waals surface area contributed by atoms with Crippen molar-refractivity contribution in [1.82, 2.24) is 9.97 Å². The summed E-state index contributed by atoms with van der Waals surface area (Å²) in [6, 6.07) is 20.5. The SMILES string of the molecule is CCCCCCCCOc1c(OCCCCCCCC)c(Br)c2nc(-c3ccccc3)c(-c3ccccc3)nc2c1Br. The monoisotopic (exact) mass is 694 g/mol. The normalized spacial score (nSPS) is 11.2. The summed E-state index contributed by atoms with van der Waals surface area (Å²) < 4.78 is 14.5. The van der Waals surface area contributed by atoms with Gasteiger partial charge in [-0.25, -0.2) is 9.97 Å². The number of benzene rings is 3. The molecule has 4 nitrogen and oxygen atoms in total. The van der Waals surface area contributed by atoms with Crippen LogP contribution in [0.15, 0.2) is 69.6 Å². The van der Waals surface area contributed by atoms with Gasteiger partial charge in [0.2, 0.25) is 0 Å². The lowest BCUT2D eigenvalue weighted by atomic mass is 10.0. The number of halogens is 2. The number of hydrogen-bond acceptors (Lipinski definition) is 4. The van der Waals surface area contributed by atoms with Crippen LogP contribution < -0.4 is 9.47 Å². The molecule has 6 heteroatoms. The first-order valence-electron chi connectivity index (χ1n) is 15.7. The maximum atomic E-state index is 6.46. The van der Waals surface area contributed by atoms with Crippen molar-refractivity contribution >= 4 is 42.9 Å². The summed E-state index contributed by atoms with van der Waals surface area (Å²) in [5.41, 5.74) is 5.23. The molecule has 4 aromatic rings. The summed E-state index contributed by atoms with van der Waals surface area (Å²) in [6.45, 7) is 5.77.